The van der Waals surface area contributed by atoms with Gasteiger partial charge in [0.15, 0.2) is 0 Å². The molecule has 0 aliphatic carbocycles. The van der Waals surface area contributed by atoms with Gasteiger partial charge < -0.3 is 20.1 Å². The first-order chi connectivity index (χ1) is 9.56. The fourth-order valence-electron chi connectivity index (χ4n) is 2.94. The highest BCUT2D eigenvalue weighted by atomic mass is 16.2. The van der Waals surface area contributed by atoms with Crippen LogP contribution in [0.2, 0.25) is 0 Å². The maximum Gasteiger partial charge on any atom is 0.270 e. The van der Waals surface area contributed by atoms with E-state index in [1.165, 1.54) is 0 Å². The number of anilines is 1. The van der Waals surface area contributed by atoms with Crippen molar-refractivity contribution >= 4 is 11.6 Å². The number of hydrogen-bond acceptors (Lipinski definition) is 3. The molecule has 0 saturated carbocycles. The van der Waals surface area contributed by atoms with Gasteiger partial charge in [0.05, 0.1) is 5.69 Å². The molecule has 1 amide bonds. The lowest BCUT2D eigenvalue weighted by molar-refractivity contribution is 0.0636. The van der Waals surface area contributed by atoms with Crippen molar-refractivity contribution in [1.82, 2.24) is 14.4 Å². The molecule has 0 spiro atoms. The monoisotopic (exact) mass is 278 g/mol. The van der Waals surface area contributed by atoms with Crippen LogP contribution in [0, 0.1) is 0 Å². The molecule has 2 rings (SSSR count). The molecule has 1 aromatic heterocycles. The smallest absolute Gasteiger partial charge is 0.270 e. The summed E-state index contributed by atoms with van der Waals surface area (Å²) in [5.74, 6) is 0.0819. The average molecular weight is 278 g/mol. The number of carbonyl (C=O) groups is 1. The molecule has 1 fully saturated rings. The topological polar surface area (TPSA) is 54.5 Å². The minimum Gasteiger partial charge on any atom is -0.397 e. The molecule has 0 atom stereocenters. The Kier molecular flexibility index (Phi) is 4.70. The first kappa shape index (κ1) is 14.9. The Morgan fingerprint density at radius 3 is 2.55 bits per heavy atom. The highest BCUT2D eigenvalue weighted by Crippen LogP contribution is 2.19. The maximum absolute atomic E-state index is 12.6. The molecule has 1 saturated heterocycles. The van der Waals surface area contributed by atoms with Crippen LogP contribution >= 0.6 is 0 Å². The van der Waals surface area contributed by atoms with Gasteiger partial charge in [-0.2, -0.15) is 0 Å². The van der Waals surface area contributed by atoms with E-state index in [9.17, 15) is 4.79 Å². The van der Waals surface area contributed by atoms with E-state index in [0.29, 0.717) is 17.4 Å². The second-order valence-electron chi connectivity index (χ2n) is 5.53. The fraction of sp³-hybridized carbons (Fsp3) is 0.667. The van der Waals surface area contributed by atoms with Gasteiger partial charge in [-0.1, -0.05) is 6.92 Å². The van der Waals surface area contributed by atoms with Crippen LogP contribution in [0.1, 0.15) is 37.2 Å². The van der Waals surface area contributed by atoms with E-state index in [1.807, 2.05) is 29.6 Å². The van der Waals surface area contributed by atoms with Crippen molar-refractivity contribution in [3.05, 3.63) is 18.0 Å². The lowest BCUT2D eigenvalue weighted by atomic mass is 10.0. The van der Waals surface area contributed by atoms with Gasteiger partial charge in [-0.3, -0.25) is 4.79 Å². The molecule has 2 N–H and O–H groups in total. The largest absolute Gasteiger partial charge is 0.397 e. The Bertz CT molecular complexity index is 460. The third kappa shape index (κ3) is 2.98. The number of rotatable bonds is 4. The van der Waals surface area contributed by atoms with Gasteiger partial charge in [-0.05, 0) is 32.4 Å². The van der Waals surface area contributed by atoms with Crippen LogP contribution in [0.5, 0.6) is 0 Å². The number of nitrogens with zero attached hydrogens (tertiary/aromatic N) is 3. The Hall–Kier alpha value is -1.49. The number of amides is 1. The first-order valence-corrected chi connectivity index (χ1v) is 7.52. The Balaban J connectivity index is 2.05. The Morgan fingerprint density at radius 1 is 1.35 bits per heavy atom. The SMILES string of the molecule is CCN1CCC(N(C)C(=O)c2cc(N)cn2CC)CC1. The summed E-state index contributed by atoms with van der Waals surface area (Å²) in [6.45, 7) is 8.23. The van der Waals surface area contributed by atoms with E-state index in [0.717, 1.165) is 39.0 Å². The van der Waals surface area contributed by atoms with Crippen LogP contribution in [0.15, 0.2) is 12.3 Å². The summed E-state index contributed by atoms with van der Waals surface area (Å²) in [4.78, 5) is 17.0. The molecule has 2 heterocycles. The predicted octanol–water partition coefficient (Wildman–Crippen LogP) is 1.65. The summed E-state index contributed by atoms with van der Waals surface area (Å²) in [6.07, 6.45) is 3.94. The summed E-state index contributed by atoms with van der Waals surface area (Å²) in [5, 5.41) is 0. The molecule has 1 aliphatic rings. The zero-order valence-corrected chi connectivity index (χ0v) is 12.8. The number of likely N-dealkylation sites (tertiary alicyclic amines) is 1. The Morgan fingerprint density at radius 2 is 2.00 bits per heavy atom. The summed E-state index contributed by atoms with van der Waals surface area (Å²) in [6, 6.07) is 2.12. The van der Waals surface area contributed by atoms with Crippen LogP contribution < -0.4 is 5.73 Å². The number of aryl methyl sites for hydroxylation is 1. The normalized spacial score (nSPS) is 17.4. The fourth-order valence-corrected chi connectivity index (χ4v) is 2.94. The van der Waals surface area contributed by atoms with E-state index < -0.39 is 0 Å². The standard InChI is InChI=1S/C15H26N4O/c1-4-18-8-6-13(7-9-18)17(3)15(20)14-10-12(16)11-19(14)5-2/h10-11,13H,4-9,16H2,1-3H3. The third-order valence-electron chi connectivity index (χ3n) is 4.35. The molecule has 0 aromatic carbocycles. The molecular formula is C15H26N4O. The number of hydrogen-bond donors (Lipinski definition) is 1. The van der Waals surface area contributed by atoms with Crippen molar-refractivity contribution in [2.24, 2.45) is 0 Å². The second kappa shape index (κ2) is 6.31. The zero-order valence-electron chi connectivity index (χ0n) is 12.8. The molecule has 0 unspecified atom stereocenters. The number of aromatic nitrogens is 1. The van der Waals surface area contributed by atoms with Crippen molar-refractivity contribution in [2.75, 3.05) is 32.4 Å². The molecule has 5 nitrogen and oxygen atoms in total. The van der Waals surface area contributed by atoms with E-state index in [1.54, 1.807) is 6.07 Å². The minimum absolute atomic E-state index is 0.0819. The molecule has 0 radical (unpaired) electrons. The summed E-state index contributed by atoms with van der Waals surface area (Å²) >= 11 is 0. The predicted molar refractivity (Wildman–Crippen MR) is 81.7 cm³/mol. The minimum atomic E-state index is 0.0819. The lowest BCUT2D eigenvalue weighted by Crippen LogP contribution is -2.45. The molecule has 1 aliphatic heterocycles. The van der Waals surface area contributed by atoms with Crippen LogP contribution in [0.4, 0.5) is 5.69 Å². The summed E-state index contributed by atoms with van der Waals surface area (Å²) in [7, 11) is 1.91. The zero-order chi connectivity index (χ0) is 14.7. The third-order valence-corrected chi connectivity index (χ3v) is 4.35. The highest BCUT2D eigenvalue weighted by Gasteiger charge is 2.26. The van der Waals surface area contributed by atoms with Gasteiger partial charge in [0.25, 0.3) is 5.91 Å². The average Bonchev–Trinajstić information content (AvgIpc) is 2.87. The van der Waals surface area contributed by atoms with Crippen LogP contribution in [0.25, 0.3) is 0 Å². The van der Waals surface area contributed by atoms with Gasteiger partial charge in [0.2, 0.25) is 0 Å². The summed E-state index contributed by atoms with van der Waals surface area (Å²) < 4.78 is 1.93. The van der Waals surface area contributed by atoms with E-state index in [-0.39, 0.29) is 5.91 Å². The van der Waals surface area contributed by atoms with Crippen molar-refractivity contribution in [1.29, 1.82) is 0 Å². The second-order valence-corrected chi connectivity index (χ2v) is 5.53. The van der Waals surface area contributed by atoms with Gasteiger partial charge >= 0.3 is 0 Å². The first-order valence-electron chi connectivity index (χ1n) is 7.52. The van der Waals surface area contributed by atoms with Crippen molar-refractivity contribution < 1.29 is 4.79 Å². The van der Waals surface area contributed by atoms with Crippen LogP contribution in [-0.4, -0.2) is 53.0 Å². The summed E-state index contributed by atoms with van der Waals surface area (Å²) in [5.41, 5.74) is 7.17. The highest BCUT2D eigenvalue weighted by molar-refractivity contribution is 5.93. The number of carbonyl (C=O) groups excluding carboxylic acids is 1. The van der Waals surface area contributed by atoms with Crippen molar-refractivity contribution in [3.8, 4) is 0 Å². The number of piperidine rings is 1. The van der Waals surface area contributed by atoms with Gasteiger partial charge in [-0.15, -0.1) is 0 Å². The Labute approximate surface area is 121 Å². The molecular weight excluding hydrogens is 252 g/mol. The number of nitrogens with two attached hydrogens (primary N) is 1. The van der Waals surface area contributed by atoms with E-state index in [4.69, 9.17) is 5.73 Å². The van der Waals surface area contributed by atoms with E-state index >= 15 is 0 Å². The number of nitrogen functional groups attached to an aromatic ring is 1. The molecule has 0 bridgehead atoms. The van der Waals surface area contributed by atoms with Gasteiger partial charge in [0, 0.05) is 38.9 Å². The van der Waals surface area contributed by atoms with E-state index in [2.05, 4.69) is 11.8 Å². The van der Waals surface area contributed by atoms with Gasteiger partial charge in [0.1, 0.15) is 5.69 Å². The van der Waals surface area contributed by atoms with Crippen molar-refractivity contribution in [2.45, 2.75) is 39.3 Å². The van der Waals surface area contributed by atoms with Crippen LogP contribution in [-0.2, 0) is 6.54 Å². The quantitative estimate of drug-likeness (QED) is 0.911. The van der Waals surface area contributed by atoms with Gasteiger partial charge in [-0.25, -0.2) is 0 Å². The van der Waals surface area contributed by atoms with Crippen molar-refractivity contribution in [3.63, 3.8) is 0 Å². The molecule has 112 valence electrons. The maximum atomic E-state index is 12.6. The lowest BCUT2D eigenvalue weighted by Gasteiger charge is -2.36. The molecule has 5 heteroatoms. The molecule has 20 heavy (non-hydrogen) atoms. The van der Waals surface area contributed by atoms with Crippen LogP contribution in [0.3, 0.4) is 0 Å². The molecule has 1 aromatic rings.